The fourth-order valence-corrected chi connectivity index (χ4v) is 7.12. The van der Waals surface area contributed by atoms with E-state index in [1.54, 1.807) is 23.4 Å². The molecule has 2 aromatic heterocycles. The van der Waals surface area contributed by atoms with Gasteiger partial charge in [-0.25, -0.2) is 17.8 Å². The van der Waals surface area contributed by atoms with E-state index in [2.05, 4.69) is 9.97 Å². The first-order valence-corrected chi connectivity index (χ1v) is 11.7. The largest absolute Gasteiger partial charge is 0.256 e. The fraction of sp³-hybridized carbons (Fsp3) is 0.333. The average molecular weight is 432 g/mol. The first kappa shape index (κ1) is 20.1. The van der Waals surface area contributed by atoms with Crippen molar-refractivity contribution in [2.24, 2.45) is 0 Å². The van der Waals surface area contributed by atoms with Gasteiger partial charge in [0.2, 0.25) is 0 Å². The summed E-state index contributed by atoms with van der Waals surface area (Å²) in [6, 6.07) is 9.82. The highest BCUT2D eigenvalue weighted by atomic mass is 32.2. The lowest BCUT2D eigenvalue weighted by atomic mass is 10.0. The number of hydrogen-bond donors (Lipinski definition) is 0. The van der Waals surface area contributed by atoms with Crippen molar-refractivity contribution in [3.05, 3.63) is 64.3 Å². The van der Waals surface area contributed by atoms with Gasteiger partial charge in [0.1, 0.15) is 5.82 Å². The highest BCUT2D eigenvalue weighted by Gasteiger charge is 2.39. The highest BCUT2D eigenvalue weighted by Crippen LogP contribution is 2.39. The Morgan fingerprint density at radius 2 is 1.79 bits per heavy atom. The lowest BCUT2D eigenvalue weighted by Gasteiger charge is -2.24. The maximum atomic E-state index is 13.4. The number of benzene rings is 1. The van der Waals surface area contributed by atoms with Crippen molar-refractivity contribution in [1.29, 1.82) is 0 Å². The van der Waals surface area contributed by atoms with Crippen molar-refractivity contribution in [1.82, 2.24) is 14.3 Å². The highest BCUT2D eigenvalue weighted by molar-refractivity contribution is 7.91. The zero-order valence-electron chi connectivity index (χ0n) is 16.5. The summed E-state index contributed by atoms with van der Waals surface area (Å²) in [6.45, 7) is 5.90. The first-order chi connectivity index (χ1) is 13.8. The maximum absolute atomic E-state index is 13.4. The second-order valence-electron chi connectivity index (χ2n) is 7.31. The minimum atomic E-state index is -3.64. The maximum Gasteiger partial charge on any atom is 0.255 e. The Bertz CT molecular complexity index is 1160. The molecule has 0 saturated carbocycles. The Labute approximate surface area is 174 Å². The van der Waals surface area contributed by atoms with Crippen LogP contribution in [0.3, 0.4) is 0 Å². The number of hydrogen-bond acceptors (Lipinski definition) is 5. The van der Waals surface area contributed by atoms with E-state index in [1.165, 1.54) is 23.5 Å². The van der Waals surface area contributed by atoms with E-state index in [-0.39, 0.29) is 11.9 Å². The predicted octanol–water partition coefficient (Wildman–Crippen LogP) is 4.80. The minimum Gasteiger partial charge on any atom is -0.256 e. The number of sulfonamides is 1. The molecule has 3 heterocycles. The zero-order chi connectivity index (χ0) is 20.8. The summed E-state index contributed by atoms with van der Waals surface area (Å²) in [7, 11) is -3.64. The number of thiazole rings is 1. The molecular formula is C21H22FN3O2S2. The van der Waals surface area contributed by atoms with Gasteiger partial charge in [0.25, 0.3) is 10.0 Å². The Morgan fingerprint density at radius 1 is 1.07 bits per heavy atom. The lowest BCUT2D eigenvalue weighted by molar-refractivity contribution is 0.391. The van der Waals surface area contributed by atoms with Crippen LogP contribution in [-0.4, -0.2) is 29.2 Å². The van der Waals surface area contributed by atoms with E-state index in [9.17, 15) is 12.8 Å². The summed E-state index contributed by atoms with van der Waals surface area (Å²) in [5.74, 6) is -0.289. The topological polar surface area (TPSA) is 63.2 Å². The van der Waals surface area contributed by atoms with Crippen LogP contribution in [0.25, 0.3) is 11.1 Å². The van der Waals surface area contributed by atoms with Crippen molar-refractivity contribution in [2.45, 2.75) is 43.9 Å². The second kappa shape index (κ2) is 7.59. The van der Waals surface area contributed by atoms with Gasteiger partial charge in [-0.05, 0) is 69.0 Å². The van der Waals surface area contributed by atoms with E-state index in [0.717, 1.165) is 40.4 Å². The smallest absolute Gasteiger partial charge is 0.255 e. The van der Waals surface area contributed by atoms with Crippen LogP contribution >= 0.6 is 11.3 Å². The van der Waals surface area contributed by atoms with Gasteiger partial charge in [0, 0.05) is 12.2 Å². The Kier molecular flexibility index (Phi) is 5.27. The summed E-state index contributed by atoms with van der Waals surface area (Å²) in [4.78, 5) is 8.94. The molecule has 0 bridgehead atoms. The van der Waals surface area contributed by atoms with Crippen molar-refractivity contribution in [2.75, 3.05) is 6.54 Å². The molecule has 0 spiro atoms. The van der Waals surface area contributed by atoms with Crippen LogP contribution in [0.15, 0.2) is 40.6 Å². The van der Waals surface area contributed by atoms with Crippen LogP contribution in [0.2, 0.25) is 0 Å². The van der Waals surface area contributed by atoms with Crippen molar-refractivity contribution >= 4 is 21.4 Å². The Hall–Kier alpha value is -2.16. The van der Waals surface area contributed by atoms with E-state index in [0.29, 0.717) is 16.4 Å². The summed E-state index contributed by atoms with van der Waals surface area (Å²) in [5.41, 5.74) is 3.85. The van der Waals surface area contributed by atoms with E-state index in [1.807, 2.05) is 26.0 Å². The molecule has 0 N–H and O–H groups in total. The molecular weight excluding hydrogens is 409 g/mol. The monoisotopic (exact) mass is 431 g/mol. The third-order valence-corrected chi connectivity index (χ3v) is 8.67. The molecule has 1 atom stereocenters. The fourth-order valence-electron chi connectivity index (χ4n) is 3.86. The quantitative estimate of drug-likeness (QED) is 0.596. The van der Waals surface area contributed by atoms with Gasteiger partial charge in [-0.3, -0.25) is 4.98 Å². The molecule has 1 aliphatic heterocycles. The van der Waals surface area contributed by atoms with Gasteiger partial charge in [-0.15, -0.1) is 11.3 Å². The Balaban J connectivity index is 1.74. The third kappa shape index (κ3) is 3.84. The molecule has 5 nitrogen and oxygen atoms in total. The number of halogens is 1. The number of rotatable bonds is 4. The van der Waals surface area contributed by atoms with Crippen molar-refractivity contribution in [3.63, 3.8) is 0 Å². The SMILES string of the molecule is Cc1cc(-c2ccc(F)cc2)cc(C2CCCN2S(=O)(=O)c2sc(C)nc2C)n1. The van der Waals surface area contributed by atoms with E-state index < -0.39 is 10.0 Å². The van der Waals surface area contributed by atoms with Gasteiger partial charge in [0.05, 0.1) is 22.4 Å². The van der Waals surface area contributed by atoms with E-state index in [4.69, 9.17) is 0 Å². The van der Waals surface area contributed by atoms with Crippen molar-refractivity contribution in [3.8, 4) is 11.1 Å². The van der Waals surface area contributed by atoms with Crippen LogP contribution < -0.4 is 0 Å². The molecule has 1 saturated heterocycles. The molecule has 0 amide bonds. The molecule has 0 radical (unpaired) electrons. The first-order valence-electron chi connectivity index (χ1n) is 9.46. The van der Waals surface area contributed by atoms with Crippen LogP contribution in [0.4, 0.5) is 4.39 Å². The van der Waals surface area contributed by atoms with E-state index >= 15 is 0 Å². The number of pyridine rings is 1. The molecule has 152 valence electrons. The lowest BCUT2D eigenvalue weighted by Crippen LogP contribution is -2.31. The standard InChI is InChI=1S/C21H22FN3O2S2/c1-13-11-17(16-6-8-18(22)9-7-16)12-19(23-13)20-5-4-10-25(20)29(26,27)21-14(2)24-15(3)28-21/h6-9,11-12,20H,4-5,10H2,1-3H3. The number of aryl methyl sites for hydroxylation is 3. The van der Waals surface area contributed by atoms with Gasteiger partial charge in [-0.2, -0.15) is 4.31 Å². The van der Waals surface area contributed by atoms with Gasteiger partial charge < -0.3 is 0 Å². The molecule has 4 rings (SSSR count). The molecule has 1 aromatic carbocycles. The molecule has 8 heteroatoms. The molecule has 29 heavy (non-hydrogen) atoms. The molecule has 1 fully saturated rings. The summed E-state index contributed by atoms with van der Waals surface area (Å²) < 4.78 is 41.9. The van der Waals surface area contributed by atoms with Crippen LogP contribution in [-0.2, 0) is 10.0 Å². The molecule has 3 aromatic rings. The number of nitrogens with zero attached hydrogens (tertiary/aromatic N) is 3. The predicted molar refractivity (Wildman–Crippen MR) is 112 cm³/mol. The Morgan fingerprint density at radius 3 is 2.45 bits per heavy atom. The molecule has 1 unspecified atom stereocenters. The summed E-state index contributed by atoms with van der Waals surface area (Å²) in [5, 5.41) is 0.740. The van der Waals surface area contributed by atoms with Gasteiger partial charge >= 0.3 is 0 Å². The third-order valence-electron chi connectivity index (χ3n) is 5.10. The summed E-state index contributed by atoms with van der Waals surface area (Å²) >= 11 is 1.21. The normalized spacial score (nSPS) is 17.7. The average Bonchev–Trinajstić information content (AvgIpc) is 3.29. The molecule has 1 aliphatic rings. The molecule has 0 aliphatic carbocycles. The van der Waals surface area contributed by atoms with Crippen LogP contribution in [0, 0.1) is 26.6 Å². The van der Waals surface area contributed by atoms with Gasteiger partial charge in [0.15, 0.2) is 4.21 Å². The van der Waals surface area contributed by atoms with Gasteiger partial charge in [-0.1, -0.05) is 12.1 Å². The zero-order valence-corrected chi connectivity index (χ0v) is 18.1. The van der Waals surface area contributed by atoms with Crippen molar-refractivity contribution < 1.29 is 12.8 Å². The summed E-state index contributed by atoms with van der Waals surface area (Å²) in [6.07, 6.45) is 1.50. The number of aromatic nitrogens is 2. The minimum absolute atomic E-state index is 0.289. The van der Waals surface area contributed by atoms with Crippen LogP contribution in [0.5, 0.6) is 0 Å². The van der Waals surface area contributed by atoms with Crippen LogP contribution in [0.1, 0.15) is 41.0 Å². The second-order valence-corrected chi connectivity index (χ2v) is 10.6.